The molecule has 106 valence electrons. The van der Waals surface area contributed by atoms with Crippen molar-refractivity contribution in [3.8, 4) is 0 Å². The van der Waals surface area contributed by atoms with Gasteiger partial charge in [-0.15, -0.1) is 0 Å². The highest BCUT2D eigenvalue weighted by Gasteiger charge is 2.16. The zero-order chi connectivity index (χ0) is 13.4. The lowest BCUT2D eigenvalue weighted by Crippen LogP contribution is -2.24. The Bertz CT molecular complexity index is 239. The van der Waals surface area contributed by atoms with Crippen molar-refractivity contribution >= 4 is 5.97 Å². The molecule has 0 aromatic rings. The van der Waals surface area contributed by atoms with Crippen LogP contribution < -0.4 is 5.73 Å². The number of rotatable bonds is 10. The van der Waals surface area contributed by atoms with Gasteiger partial charge in [0.15, 0.2) is 0 Å². The van der Waals surface area contributed by atoms with Gasteiger partial charge in [0.2, 0.25) is 0 Å². The van der Waals surface area contributed by atoms with Crippen LogP contribution in [0, 0.1) is 11.8 Å². The molecule has 0 amide bonds. The van der Waals surface area contributed by atoms with E-state index >= 15 is 0 Å². The van der Waals surface area contributed by atoms with E-state index in [9.17, 15) is 4.79 Å². The quantitative estimate of drug-likeness (QED) is 0.587. The van der Waals surface area contributed by atoms with Crippen LogP contribution in [0.2, 0.25) is 0 Å². The SMILES string of the molecule is C[C@H](CCCCC1CCC1)CC[C@H](N)CC(=O)O. The first-order chi connectivity index (χ1) is 8.58. The van der Waals surface area contributed by atoms with Crippen LogP contribution in [0.15, 0.2) is 0 Å². The van der Waals surface area contributed by atoms with Gasteiger partial charge >= 0.3 is 5.97 Å². The van der Waals surface area contributed by atoms with Crippen molar-refractivity contribution in [3.05, 3.63) is 0 Å². The number of aliphatic carboxylic acids is 1. The summed E-state index contributed by atoms with van der Waals surface area (Å²) in [6.07, 6.45) is 11.8. The van der Waals surface area contributed by atoms with Crippen LogP contribution in [0.3, 0.4) is 0 Å². The molecule has 2 atom stereocenters. The van der Waals surface area contributed by atoms with Crippen LogP contribution in [0.25, 0.3) is 0 Å². The fourth-order valence-electron chi connectivity index (χ4n) is 2.68. The average Bonchev–Trinajstić information content (AvgIpc) is 2.22. The van der Waals surface area contributed by atoms with Crippen LogP contribution >= 0.6 is 0 Å². The van der Waals surface area contributed by atoms with Crippen LogP contribution in [-0.4, -0.2) is 17.1 Å². The molecule has 0 aromatic heterocycles. The van der Waals surface area contributed by atoms with Gasteiger partial charge < -0.3 is 10.8 Å². The minimum Gasteiger partial charge on any atom is -0.481 e. The highest BCUT2D eigenvalue weighted by molar-refractivity contribution is 5.67. The van der Waals surface area contributed by atoms with Crippen molar-refractivity contribution in [2.24, 2.45) is 17.6 Å². The number of carboxylic acids is 1. The monoisotopic (exact) mass is 255 g/mol. The van der Waals surface area contributed by atoms with E-state index in [0.29, 0.717) is 5.92 Å². The smallest absolute Gasteiger partial charge is 0.304 e. The van der Waals surface area contributed by atoms with E-state index in [1.54, 1.807) is 0 Å². The summed E-state index contributed by atoms with van der Waals surface area (Å²) in [4.78, 5) is 10.5. The average molecular weight is 255 g/mol. The molecule has 3 nitrogen and oxygen atoms in total. The van der Waals surface area contributed by atoms with E-state index in [2.05, 4.69) is 6.92 Å². The minimum atomic E-state index is -0.782. The van der Waals surface area contributed by atoms with Gasteiger partial charge in [-0.1, -0.05) is 51.9 Å². The molecular formula is C15H29NO2. The Hall–Kier alpha value is -0.570. The largest absolute Gasteiger partial charge is 0.481 e. The number of carbonyl (C=O) groups is 1. The zero-order valence-corrected chi connectivity index (χ0v) is 11.7. The predicted molar refractivity (Wildman–Crippen MR) is 74.4 cm³/mol. The van der Waals surface area contributed by atoms with Gasteiger partial charge in [-0.25, -0.2) is 0 Å². The Morgan fingerprint density at radius 3 is 2.56 bits per heavy atom. The predicted octanol–water partition coefficient (Wildman–Crippen LogP) is 3.57. The van der Waals surface area contributed by atoms with Crippen molar-refractivity contribution in [2.45, 2.75) is 77.2 Å². The van der Waals surface area contributed by atoms with Crippen molar-refractivity contribution in [1.29, 1.82) is 0 Å². The van der Waals surface area contributed by atoms with E-state index in [4.69, 9.17) is 10.8 Å². The Kier molecular flexibility index (Phi) is 7.33. The first-order valence-electron chi connectivity index (χ1n) is 7.55. The third kappa shape index (κ3) is 7.00. The lowest BCUT2D eigenvalue weighted by atomic mass is 9.81. The van der Waals surface area contributed by atoms with Gasteiger partial charge in [-0.2, -0.15) is 0 Å². The number of nitrogens with two attached hydrogens (primary N) is 1. The van der Waals surface area contributed by atoms with Crippen molar-refractivity contribution < 1.29 is 9.90 Å². The summed E-state index contributed by atoms with van der Waals surface area (Å²) in [5.74, 6) is 0.936. The maximum atomic E-state index is 10.5. The fraction of sp³-hybridized carbons (Fsp3) is 0.933. The van der Waals surface area contributed by atoms with Crippen molar-refractivity contribution in [2.75, 3.05) is 0 Å². The summed E-state index contributed by atoms with van der Waals surface area (Å²) in [7, 11) is 0. The van der Waals surface area contributed by atoms with Gasteiger partial charge in [0, 0.05) is 6.04 Å². The van der Waals surface area contributed by atoms with Crippen LogP contribution in [0.5, 0.6) is 0 Å². The fourth-order valence-corrected chi connectivity index (χ4v) is 2.68. The maximum absolute atomic E-state index is 10.5. The minimum absolute atomic E-state index is 0.106. The number of carboxylic acid groups (broad SMARTS) is 1. The summed E-state index contributed by atoms with van der Waals surface area (Å²) in [5, 5.41) is 8.62. The summed E-state index contributed by atoms with van der Waals surface area (Å²) < 4.78 is 0. The molecule has 0 spiro atoms. The Labute approximate surface area is 111 Å². The second-order valence-electron chi connectivity index (χ2n) is 6.12. The molecule has 0 unspecified atom stereocenters. The van der Waals surface area contributed by atoms with Crippen LogP contribution in [-0.2, 0) is 4.79 Å². The first kappa shape index (κ1) is 15.5. The normalized spacial score (nSPS) is 19.2. The molecule has 1 saturated carbocycles. The molecule has 0 aliphatic heterocycles. The molecule has 3 heteroatoms. The topological polar surface area (TPSA) is 63.3 Å². The van der Waals surface area contributed by atoms with Crippen molar-refractivity contribution in [1.82, 2.24) is 0 Å². The number of unbranched alkanes of at least 4 members (excludes halogenated alkanes) is 1. The summed E-state index contributed by atoms with van der Waals surface area (Å²) in [6.45, 7) is 2.26. The van der Waals surface area contributed by atoms with Crippen molar-refractivity contribution in [3.63, 3.8) is 0 Å². The summed E-state index contributed by atoms with van der Waals surface area (Å²) >= 11 is 0. The lowest BCUT2D eigenvalue weighted by molar-refractivity contribution is -0.137. The standard InChI is InChI=1S/C15H29NO2/c1-12(9-10-14(16)11-15(17)18)5-2-3-6-13-7-4-8-13/h12-14H,2-11,16H2,1H3,(H,17,18)/t12-,14+/m1/s1. The Morgan fingerprint density at radius 1 is 1.28 bits per heavy atom. The lowest BCUT2D eigenvalue weighted by Gasteiger charge is -2.25. The molecule has 1 rings (SSSR count). The number of hydrogen-bond acceptors (Lipinski definition) is 2. The van der Waals surface area contributed by atoms with Gasteiger partial charge in [-0.3, -0.25) is 4.79 Å². The van der Waals surface area contributed by atoms with E-state index in [-0.39, 0.29) is 12.5 Å². The van der Waals surface area contributed by atoms with Gasteiger partial charge in [0.05, 0.1) is 6.42 Å². The molecule has 0 radical (unpaired) electrons. The molecule has 18 heavy (non-hydrogen) atoms. The Balaban J connectivity index is 1.92. The molecule has 0 bridgehead atoms. The second kappa shape index (κ2) is 8.52. The van der Waals surface area contributed by atoms with Gasteiger partial charge in [-0.05, 0) is 24.7 Å². The van der Waals surface area contributed by atoms with E-state index in [1.165, 1.54) is 44.9 Å². The van der Waals surface area contributed by atoms with Crippen LogP contribution in [0.4, 0.5) is 0 Å². The van der Waals surface area contributed by atoms with Gasteiger partial charge in [0.1, 0.15) is 0 Å². The molecule has 1 aliphatic rings. The molecule has 0 heterocycles. The number of hydrogen-bond donors (Lipinski definition) is 2. The van der Waals surface area contributed by atoms with E-state index in [1.807, 2.05) is 0 Å². The first-order valence-corrected chi connectivity index (χ1v) is 7.55. The van der Waals surface area contributed by atoms with Gasteiger partial charge in [0.25, 0.3) is 0 Å². The summed E-state index contributed by atoms with van der Waals surface area (Å²) in [5.41, 5.74) is 5.76. The molecule has 3 N–H and O–H groups in total. The third-order valence-corrected chi connectivity index (χ3v) is 4.25. The molecule has 1 fully saturated rings. The Morgan fingerprint density at radius 2 is 2.00 bits per heavy atom. The molecule has 0 aromatic carbocycles. The zero-order valence-electron chi connectivity index (χ0n) is 11.7. The van der Waals surface area contributed by atoms with Crippen LogP contribution in [0.1, 0.15) is 71.1 Å². The molecule has 0 saturated heterocycles. The maximum Gasteiger partial charge on any atom is 0.304 e. The van der Waals surface area contributed by atoms with E-state index < -0.39 is 5.97 Å². The van der Waals surface area contributed by atoms with E-state index in [0.717, 1.165) is 18.8 Å². The molecule has 1 aliphatic carbocycles. The second-order valence-corrected chi connectivity index (χ2v) is 6.12. The third-order valence-electron chi connectivity index (χ3n) is 4.25. The molecular weight excluding hydrogens is 226 g/mol. The summed E-state index contributed by atoms with van der Waals surface area (Å²) in [6, 6.07) is -0.167. The highest BCUT2D eigenvalue weighted by Crippen LogP contribution is 2.31. The highest BCUT2D eigenvalue weighted by atomic mass is 16.4.